The highest BCUT2D eigenvalue weighted by atomic mass is 16.5. The van der Waals surface area contributed by atoms with Crippen molar-refractivity contribution in [1.82, 2.24) is 0 Å². The van der Waals surface area contributed by atoms with Gasteiger partial charge in [0.25, 0.3) is 0 Å². The molecule has 0 saturated heterocycles. The summed E-state index contributed by atoms with van der Waals surface area (Å²) < 4.78 is 10.1. The highest BCUT2D eigenvalue weighted by Crippen LogP contribution is 2.32. The molecule has 0 fully saturated rings. The van der Waals surface area contributed by atoms with E-state index in [-0.39, 0.29) is 24.2 Å². The number of ketones is 1. The second-order valence-corrected chi connectivity index (χ2v) is 6.15. The zero-order chi connectivity index (χ0) is 19.4. The minimum atomic E-state index is -0.606. The van der Waals surface area contributed by atoms with E-state index in [4.69, 9.17) is 9.47 Å². The minimum absolute atomic E-state index is 0.0929. The number of Topliss-reactive ketones (excluding diaryl/α,β-unsaturated/α-hetero) is 1. The van der Waals surface area contributed by atoms with Crippen LogP contribution in [0, 0.1) is 0 Å². The van der Waals surface area contributed by atoms with Crippen LogP contribution < -0.4 is 10.1 Å². The van der Waals surface area contributed by atoms with Crippen molar-refractivity contribution in [3.63, 3.8) is 0 Å². The fraction of sp³-hybridized carbons (Fsp3) is 0.190. The number of rotatable bonds is 6. The lowest BCUT2D eigenvalue weighted by atomic mass is 9.99. The van der Waals surface area contributed by atoms with E-state index < -0.39 is 5.97 Å². The minimum Gasteiger partial charge on any atom is -0.497 e. The van der Waals surface area contributed by atoms with Gasteiger partial charge in [-0.1, -0.05) is 12.1 Å². The Labute approximate surface area is 156 Å². The van der Waals surface area contributed by atoms with Gasteiger partial charge in [-0.15, -0.1) is 0 Å². The van der Waals surface area contributed by atoms with Crippen LogP contribution in [0.25, 0.3) is 6.08 Å². The number of anilines is 1. The molecule has 2 aromatic carbocycles. The topological polar surface area (TPSA) is 81.7 Å². The summed E-state index contributed by atoms with van der Waals surface area (Å²) in [7, 11) is 1.58. The first-order chi connectivity index (χ1) is 13.0. The number of methoxy groups -OCH3 is 1. The second-order valence-electron chi connectivity index (χ2n) is 6.15. The maximum atomic E-state index is 12.3. The number of hydrogen-bond donors (Lipinski definition) is 1. The monoisotopic (exact) mass is 365 g/mol. The van der Waals surface area contributed by atoms with Gasteiger partial charge in [-0.05, 0) is 54.5 Å². The largest absolute Gasteiger partial charge is 0.497 e. The number of amides is 1. The van der Waals surface area contributed by atoms with Gasteiger partial charge in [0.2, 0.25) is 5.91 Å². The van der Waals surface area contributed by atoms with E-state index in [1.54, 1.807) is 62.6 Å². The van der Waals surface area contributed by atoms with Gasteiger partial charge in [-0.3, -0.25) is 9.59 Å². The summed E-state index contributed by atoms with van der Waals surface area (Å²) in [6, 6.07) is 12.1. The van der Waals surface area contributed by atoms with Gasteiger partial charge >= 0.3 is 5.97 Å². The summed E-state index contributed by atoms with van der Waals surface area (Å²) in [6.45, 7) is 1.42. The van der Waals surface area contributed by atoms with Gasteiger partial charge in [0.05, 0.1) is 13.0 Å². The predicted octanol–water partition coefficient (Wildman–Crippen LogP) is 3.19. The molecule has 3 rings (SSSR count). The van der Waals surface area contributed by atoms with Crippen LogP contribution in [0.3, 0.4) is 0 Å². The Kier molecular flexibility index (Phi) is 5.35. The Hall–Kier alpha value is -3.41. The van der Waals surface area contributed by atoms with Gasteiger partial charge in [-0.2, -0.15) is 0 Å². The summed E-state index contributed by atoms with van der Waals surface area (Å²) in [5, 5.41) is 2.75. The number of hydrogen-bond acceptors (Lipinski definition) is 5. The number of ether oxygens (including phenoxy) is 2. The van der Waals surface area contributed by atoms with Gasteiger partial charge in [0.1, 0.15) is 5.75 Å². The average molecular weight is 365 g/mol. The standard InChI is InChI=1S/C21H19NO5/c1-13-17-11-15(6-9-18(17)22-21(13)25)19(23)12-27-20(24)10-5-14-3-7-16(26-2)8-4-14/h3-11,13H,12H2,1-2H3,(H,22,25)/b10-5+/t13-/m0/s1. The van der Waals surface area contributed by atoms with E-state index >= 15 is 0 Å². The lowest BCUT2D eigenvalue weighted by molar-refractivity contribution is -0.136. The van der Waals surface area contributed by atoms with Crippen molar-refractivity contribution in [2.45, 2.75) is 12.8 Å². The van der Waals surface area contributed by atoms with E-state index in [2.05, 4.69) is 5.32 Å². The normalized spacial score (nSPS) is 15.3. The van der Waals surface area contributed by atoms with Crippen molar-refractivity contribution < 1.29 is 23.9 Å². The summed E-state index contributed by atoms with van der Waals surface area (Å²) in [5.74, 6) is -0.602. The summed E-state index contributed by atoms with van der Waals surface area (Å²) in [6.07, 6.45) is 2.86. The third kappa shape index (κ3) is 4.23. The molecule has 0 radical (unpaired) electrons. The molecular weight excluding hydrogens is 346 g/mol. The third-order valence-corrected chi connectivity index (χ3v) is 4.36. The first kappa shape index (κ1) is 18.4. The van der Waals surface area contributed by atoms with Crippen LogP contribution in [0.2, 0.25) is 0 Å². The number of esters is 1. The highest BCUT2D eigenvalue weighted by molar-refractivity contribution is 6.05. The van der Waals surface area contributed by atoms with E-state index in [1.807, 2.05) is 0 Å². The third-order valence-electron chi connectivity index (χ3n) is 4.36. The fourth-order valence-electron chi connectivity index (χ4n) is 2.74. The van der Waals surface area contributed by atoms with Crippen LogP contribution in [0.4, 0.5) is 5.69 Å². The number of carbonyl (C=O) groups excluding carboxylic acids is 3. The van der Waals surface area contributed by atoms with Crippen LogP contribution in [0.1, 0.15) is 34.3 Å². The molecule has 6 nitrogen and oxygen atoms in total. The van der Waals surface area contributed by atoms with Crippen LogP contribution in [0.15, 0.2) is 48.5 Å². The molecule has 1 amide bonds. The van der Waals surface area contributed by atoms with Crippen LogP contribution in [0.5, 0.6) is 5.75 Å². The molecule has 1 aliphatic rings. The molecule has 0 unspecified atom stereocenters. The fourth-order valence-corrected chi connectivity index (χ4v) is 2.74. The first-order valence-electron chi connectivity index (χ1n) is 8.45. The highest BCUT2D eigenvalue weighted by Gasteiger charge is 2.27. The first-order valence-corrected chi connectivity index (χ1v) is 8.45. The lowest BCUT2D eigenvalue weighted by Gasteiger charge is -2.06. The molecule has 1 atom stereocenters. The van der Waals surface area contributed by atoms with Gasteiger partial charge < -0.3 is 14.8 Å². The molecule has 1 N–H and O–H groups in total. The van der Waals surface area contributed by atoms with E-state index in [0.29, 0.717) is 11.3 Å². The SMILES string of the molecule is COc1ccc(/C=C/C(=O)OCC(=O)c2ccc3c(c2)[C@H](C)C(=O)N3)cc1. The average Bonchev–Trinajstić information content (AvgIpc) is 2.98. The van der Waals surface area contributed by atoms with Crippen molar-refractivity contribution in [3.8, 4) is 5.75 Å². The Balaban J connectivity index is 1.56. The number of benzene rings is 2. The second kappa shape index (κ2) is 7.86. The van der Waals surface area contributed by atoms with Gasteiger partial charge in [-0.25, -0.2) is 4.79 Å². The molecule has 0 bridgehead atoms. The van der Waals surface area contributed by atoms with Crippen LogP contribution in [-0.4, -0.2) is 31.4 Å². The molecular formula is C21H19NO5. The maximum absolute atomic E-state index is 12.3. The maximum Gasteiger partial charge on any atom is 0.331 e. The smallest absolute Gasteiger partial charge is 0.331 e. The number of fused-ring (bicyclic) bond motifs is 1. The zero-order valence-electron chi connectivity index (χ0n) is 15.0. The molecule has 0 spiro atoms. The van der Waals surface area contributed by atoms with Crippen molar-refractivity contribution in [3.05, 3.63) is 65.2 Å². The summed E-state index contributed by atoms with van der Waals surface area (Å²) >= 11 is 0. The van der Waals surface area contributed by atoms with Crippen molar-refractivity contribution in [2.75, 3.05) is 19.0 Å². The Morgan fingerprint density at radius 3 is 2.59 bits per heavy atom. The van der Waals surface area contributed by atoms with E-state index in [1.165, 1.54) is 6.08 Å². The number of carbonyl (C=O) groups is 3. The Bertz CT molecular complexity index is 915. The summed E-state index contributed by atoms with van der Waals surface area (Å²) in [5.41, 5.74) is 2.70. The van der Waals surface area contributed by atoms with Crippen molar-refractivity contribution in [2.24, 2.45) is 0 Å². The van der Waals surface area contributed by atoms with E-state index in [9.17, 15) is 14.4 Å². The van der Waals surface area contributed by atoms with Crippen LogP contribution >= 0.6 is 0 Å². The molecule has 2 aromatic rings. The molecule has 0 aliphatic carbocycles. The van der Waals surface area contributed by atoms with Crippen molar-refractivity contribution in [1.29, 1.82) is 0 Å². The van der Waals surface area contributed by atoms with Crippen molar-refractivity contribution >= 4 is 29.4 Å². The molecule has 6 heteroatoms. The summed E-state index contributed by atoms with van der Waals surface area (Å²) in [4.78, 5) is 35.8. The number of nitrogens with one attached hydrogen (secondary N) is 1. The molecule has 138 valence electrons. The Morgan fingerprint density at radius 2 is 1.89 bits per heavy atom. The molecule has 0 aromatic heterocycles. The quantitative estimate of drug-likeness (QED) is 0.483. The molecule has 1 aliphatic heterocycles. The predicted molar refractivity (Wildman–Crippen MR) is 101 cm³/mol. The zero-order valence-corrected chi connectivity index (χ0v) is 15.0. The van der Waals surface area contributed by atoms with Crippen LogP contribution in [-0.2, 0) is 14.3 Å². The Morgan fingerprint density at radius 1 is 1.15 bits per heavy atom. The van der Waals surface area contributed by atoms with E-state index in [0.717, 1.165) is 16.9 Å². The molecule has 1 heterocycles. The van der Waals surface area contributed by atoms with Gasteiger partial charge in [0, 0.05) is 17.3 Å². The molecule has 0 saturated carbocycles. The van der Waals surface area contributed by atoms with Gasteiger partial charge in [0.15, 0.2) is 12.4 Å². The lowest BCUT2D eigenvalue weighted by Crippen LogP contribution is -2.13. The molecule has 27 heavy (non-hydrogen) atoms.